The molecule has 32 heavy (non-hydrogen) atoms. The van der Waals surface area contributed by atoms with Crippen LogP contribution in [0, 0.1) is 0 Å². The molecule has 0 bridgehead atoms. The fourth-order valence-electron chi connectivity index (χ4n) is 5.07. The summed E-state index contributed by atoms with van der Waals surface area (Å²) < 4.78 is 0. The van der Waals surface area contributed by atoms with E-state index in [1.54, 1.807) is 0 Å². The fraction of sp³-hybridized carbons (Fsp3) is 0.231. The zero-order valence-corrected chi connectivity index (χ0v) is 17.5. The highest BCUT2D eigenvalue weighted by molar-refractivity contribution is 6.28. The van der Waals surface area contributed by atoms with Crippen LogP contribution in [-0.4, -0.2) is 23.6 Å². The van der Waals surface area contributed by atoms with Crippen LogP contribution < -0.4 is 9.80 Å². The van der Waals surface area contributed by atoms with E-state index >= 15 is 0 Å². The first-order valence-corrected chi connectivity index (χ1v) is 10.8. The molecule has 2 aliphatic heterocycles. The monoisotopic (exact) mass is 426 g/mol. The van der Waals surface area contributed by atoms with Crippen molar-refractivity contribution in [1.29, 1.82) is 0 Å². The van der Waals surface area contributed by atoms with Crippen LogP contribution in [-0.2, 0) is 24.6 Å². The van der Waals surface area contributed by atoms with Gasteiger partial charge in [-0.05, 0) is 48.2 Å². The van der Waals surface area contributed by atoms with Gasteiger partial charge in [0.2, 0.25) is 0 Å². The average Bonchev–Trinajstić information content (AvgIpc) is 3.34. The minimum Gasteiger partial charge on any atom is -0.269 e. The minimum absolute atomic E-state index is 0.191. The third-order valence-electron chi connectivity index (χ3n) is 6.68. The van der Waals surface area contributed by atoms with E-state index in [0.717, 1.165) is 36.8 Å². The molecule has 160 valence electrons. The molecule has 0 atom stereocenters. The summed E-state index contributed by atoms with van der Waals surface area (Å²) in [5, 5.41) is 0. The number of benzene rings is 2. The maximum absolute atomic E-state index is 12.0. The lowest BCUT2D eigenvalue weighted by Crippen LogP contribution is -2.32. The zero-order chi connectivity index (χ0) is 22.3. The summed E-state index contributed by atoms with van der Waals surface area (Å²) in [6.45, 7) is 0. The molecule has 1 fully saturated rings. The topological polar surface area (TPSA) is 74.8 Å². The number of carbonyl (C=O) groups excluding carboxylic acids is 4. The fourth-order valence-corrected chi connectivity index (χ4v) is 5.07. The highest BCUT2D eigenvalue weighted by atomic mass is 16.2. The molecule has 0 aromatic heterocycles. The maximum atomic E-state index is 12.0. The van der Waals surface area contributed by atoms with E-state index < -0.39 is 0 Å². The summed E-state index contributed by atoms with van der Waals surface area (Å²) in [7, 11) is 0. The van der Waals surface area contributed by atoms with Crippen LogP contribution in [0.4, 0.5) is 11.4 Å². The van der Waals surface area contributed by atoms with Gasteiger partial charge in [0, 0.05) is 29.7 Å². The number of nitrogens with zero attached hydrogens (tertiary/aromatic N) is 2. The molecule has 6 heteroatoms. The maximum Gasteiger partial charge on any atom is 0.258 e. The van der Waals surface area contributed by atoms with Crippen molar-refractivity contribution < 1.29 is 19.2 Å². The molecule has 0 N–H and O–H groups in total. The first-order chi connectivity index (χ1) is 15.5. The van der Waals surface area contributed by atoms with Crippen molar-refractivity contribution in [3.63, 3.8) is 0 Å². The van der Waals surface area contributed by atoms with Crippen molar-refractivity contribution in [3.8, 4) is 0 Å². The Labute approximate surface area is 185 Å². The lowest BCUT2D eigenvalue weighted by atomic mass is 9.65. The number of amides is 4. The van der Waals surface area contributed by atoms with Gasteiger partial charge in [0.05, 0.1) is 11.4 Å². The summed E-state index contributed by atoms with van der Waals surface area (Å²) in [6, 6.07) is 15.3. The van der Waals surface area contributed by atoms with E-state index in [-0.39, 0.29) is 29.0 Å². The number of imide groups is 2. The van der Waals surface area contributed by atoms with Gasteiger partial charge >= 0.3 is 0 Å². The van der Waals surface area contributed by atoms with Gasteiger partial charge in [-0.1, -0.05) is 43.5 Å². The molecular weight excluding hydrogens is 404 g/mol. The Kier molecular flexibility index (Phi) is 4.85. The van der Waals surface area contributed by atoms with E-state index in [1.165, 1.54) is 40.5 Å². The molecular formula is C26H22N2O4. The van der Waals surface area contributed by atoms with Crippen molar-refractivity contribution in [3.05, 3.63) is 84.0 Å². The molecule has 3 aliphatic rings. The Morgan fingerprint density at radius 2 is 0.844 bits per heavy atom. The normalized spacial score (nSPS) is 20.0. The standard InChI is InChI=1S/C26H22N2O4/c29-22-12-13-23(30)27(22)20-8-4-18(5-9-20)26(16-2-1-3-17-26)19-6-10-21(11-7-19)28-24(31)14-15-25(28)32/h4-15H,1-3,16-17H2. The minimum atomic E-state index is -0.328. The molecule has 0 unspecified atom stereocenters. The number of carbonyl (C=O) groups is 4. The molecule has 2 aromatic carbocycles. The highest BCUT2D eigenvalue weighted by Gasteiger charge is 2.36. The summed E-state index contributed by atoms with van der Waals surface area (Å²) in [5.41, 5.74) is 3.21. The van der Waals surface area contributed by atoms with Crippen molar-refractivity contribution in [2.75, 3.05) is 9.80 Å². The van der Waals surface area contributed by atoms with E-state index in [1.807, 2.05) is 48.5 Å². The Morgan fingerprint density at radius 3 is 1.19 bits per heavy atom. The third-order valence-corrected chi connectivity index (χ3v) is 6.68. The molecule has 2 aromatic rings. The van der Waals surface area contributed by atoms with Gasteiger partial charge in [-0.25, -0.2) is 9.80 Å². The van der Waals surface area contributed by atoms with Crippen LogP contribution >= 0.6 is 0 Å². The second-order valence-corrected chi connectivity index (χ2v) is 8.43. The van der Waals surface area contributed by atoms with Crippen LogP contribution in [0.2, 0.25) is 0 Å². The number of anilines is 2. The Morgan fingerprint density at radius 1 is 0.500 bits per heavy atom. The van der Waals surface area contributed by atoms with Crippen LogP contribution in [0.3, 0.4) is 0 Å². The number of hydrogen-bond acceptors (Lipinski definition) is 4. The number of rotatable bonds is 4. The quantitative estimate of drug-likeness (QED) is 0.697. The van der Waals surface area contributed by atoms with E-state index in [2.05, 4.69) is 0 Å². The Balaban J connectivity index is 1.48. The van der Waals surface area contributed by atoms with Crippen molar-refractivity contribution >= 4 is 35.0 Å². The van der Waals surface area contributed by atoms with Crippen LogP contribution in [0.5, 0.6) is 0 Å². The molecule has 2 heterocycles. The van der Waals surface area contributed by atoms with Crippen molar-refractivity contribution in [2.45, 2.75) is 37.5 Å². The van der Waals surface area contributed by atoms with Gasteiger partial charge in [-0.3, -0.25) is 19.2 Å². The van der Waals surface area contributed by atoms with Crippen molar-refractivity contribution in [1.82, 2.24) is 0 Å². The molecule has 5 rings (SSSR count). The van der Waals surface area contributed by atoms with Crippen LogP contribution in [0.1, 0.15) is 43.2 Å². The second kappa shape index (κ2) is 7.71. The number of hydrogen-bond donors (Lipinski definition) is 0. The molecule has 0 spiro atoms. The molecule has 1 saturated carbocycles. The smallest absolute Gasteiger partial charge is 0.258 e. The summed E-state index contributed by atoms with van der Waals surface area (Å²) >= 11 is 0. The molecule has 4 amide bonds. The van der Waals surface area contributed by atoms with Gasteiger partial charge in [0.15, 0.2) is 0 Å². The summed E-state index contributed by atoms with van der Waals surface area (Å²) in [4.78, 5) is 50.4. The SMILES string of the molecule is O=C1C=CC(=O)N1c1ccc(C2(c3ccc(N4C(=O)C=CC4=O)cc3)CCCCC2)cc1. The van der Waals surface area contributed by atoms with E-state index in [4.69, 9.17) is 0 Å². The van der Waals surface area contributed by atoms with Gasteiger partial charge in [-0.15, -0.1) is 0 Å². The lowest BCUT2D eigenvalue weighted by molar-refractivity contribution is -0.121. The summed E-state index contributed by atoms with van der Waals surface area (Å²) in [5.74, 6) is -1.31. The molecule has 0 saturated heterocycles. The largest absolute Gasteiger partial charge is 0.269 e. The molecule has 0 radical (unpaired) electrons. The van der Waals surface area contributed by atoms with Crippen LogP contribution in [0.25, 0.3) is 0 Å². The summed E-state index contributed by atoms with van der Waals surface area (Å²) in [6.07, 6.45) is 10.5. The van der Waals surface area contributed by atoms with E-state index in [0.29, 0.717) is 11.4 Å². The first kappa shape index (κ1) is 20.1. The molecule has 1 aliphatic carbocycles. The van der Waals surface area contributed by atoms with Gasteiger partial charge in [0.25, 0.3) is 23.6 Å². The predicted molar refractivity (Wildman–Crippen MR) is 120 cm³/mol. The van der Waals surface area contributed by atoms with Crippen molar-refractivity contribution in [2.24, 2.45) is 0 Å². The van der Waals surface area contributed by atoms with Gasteiger partial charge < -0.3 is 0 Å². The Hall–Kier alpha value is -3.80. The third kappa shape index (κ3) is 3.19. The first-order valence-electron chi connectivity index (χ1n) is 10.8. The zero-order valence-electron chi connectivity index (χ0n) is 17.5. The lowest BCUT2D eigenvalue weighted by Gasteiger charge is -2.39. The predicted octanol–water partition coefficient (Wildman–Crippen LogP) is 3.80. The highest BCUT2D eigenvalue weighted by Crippen LogP contribution is 2.45. The van der Waals surface area contributed by atoms with Gasteiger partial charge in [-0.2, -0.15) is 0 Å². The second-order valence-electron chi connectivity index (χ2n) is 8.43. The molecule has 6 nitrogen and oxygen atoms in total. The van der Waals surface area contributed by atoms with E-state index in [9.17, 15) is 19.2 Å². The Bertz CT molecular complexity index is 1050. The average molecular weight is 426 g/mol. The van der Waals surface area contributed by atoms with Gasteiger partial charge in [0.1, 0.15) is 0 Å². The van der Waals surface area contributed by atoms with Crippen LogP contribution in [0.15, 0.2) is 72.8 Å².